The lowest BCUT2D eigenvalue weighted by atomic mass is 9.67. The van der Waals surface area contributed by atoms with Gasteiger partial charge in [-0.15, -0.1) is 0 Å². The number of benzene rings is 6. The number of hydrogen-bond donors (Lipinski definition) is 0. The van der Waals surface area contributed by atoms with Crippen LogP contribution < -0.4 is 0 Å². The van der Waals surface area contributed by atoms with Crippen molar-refractivity contribution in [2.75, 3.05) is 0 Å². The van der Waals surface area contributed by atoms with Gasteiger partial charge in [0.2, 0.25) is 0 Å². The van der Waals surface area contributed by atoms with E-state index >= 15 is 0 Å². The first-order valence-electron chi connectivity index (χ1n) is 13.5. The highest BCUT2D eigenvalue weighted by molar-refractivity contribution is 6.10. The molecular formula is C38H26O. The molecular weight excluding hydrogens is 472 g/mol. The van der Waals surface area contributed by atoms with Crippen LogP contribution >= 0.6 is 0 Å². The van der Waals surface area contributed by atoms with Crippen molar-refractivity contribution in [1.82, 2.24) is 0 Å². The highest BCUT2D eigenvalue weighted by atomic mass is 16.3. The Bertz CT molecular complexity index is 1960. The Hall–Kier alpha value is -4.88. The summed E-state index contributed by atoms with van der Waals surface area (Å²) >= 11 is 0. The quantitative estimate of drug-likeness (QED) is 0.236. The Morgan fingerprint density at radius 1 is 0.436 bits per heavy atom. The number of hydrogen-bond acceptors (Lipinski definition) is 1. The fourth-order valence-electron chi connectivity index (χ4n) is 6.80. The molecule has 1 aliphatic carbocycles. The van der Waals surface area contributed by atoms with Gasteiger partial charge in [-0.2, -0.15) is 0 Å². The van der Waals surface area contributed by atoms with Crippen molar-refractivity contribution < 1.29 is 4.42 Å². The smallest absolute Gasteiger partial charge is 0.143 e. The molecule has 0 aliphatic heterocycles. The zero-order chi connectivity index (χ0) is 26.0. The zero-order valence-corrected chi connectivity index (χ0v) is 21.7. The molecule has 1 aromatic heterocycles. The third kappa shape index (κ3) is 3.02. The van der Waals surface area contributed by atoms with Crippen molar-refractivity contribution in [2.24, 2.45) is 0 Å². The Morgan fingerprint density at radius 2 is 0.974 bits per heavy atom. The predicted molar refractivity (Wildman–Crippen MR) is 161 cm³/mol. The van der Waals surface area contributed by atoms with E-state index in [2.05, 4.69) is 146 Å². The summed E-state index contributed by atoms with van der Waals surface area (Å²) in [6, 6.07) is 50.7. The summed E-state index contributed by atoms with van der Waals surface area (Å²) in [4.78, 5) is 0. The van der Waals surface area contributed by atoms with Crippen molar-refractivity contribution in [3.05, 3.63) is 167 Å². The van der Waals surface area contributed by atoms with Gasteiger partial charge in [0.25, 0.3) is 0 Å². The van der Waals surface area contributed by atoms with Crippen molar-refractivity contribution in [2.45, 2.75) is 12.3 Å². The van der Waals surface area contributed by atoms with E-state index in [-0.39, 0.29) is 5.41 Å². The number of fused-ring (bicyclic) bond motifs is 6. The summed E-state index contributed by atoms with van der Waals surface area (Å²) in [6.45, 7) is 2.11. The van der Waals surface area contributed by atoms with Crippen molar-refractivity contribution in [3.63, 3.8) is 0 Å². The van der Waals surface area contributed by atoms with Crippen LogP contribution in [0, 0.1) is 6.92 Å². The lowest BCUT2D eigenvalue weighted by molar-refractivity contribution is 0.667. The van der Waals surface area contributed by atoms with Gasteiger partial charge in [-0.1, -0.05) is 140 Å². The van der Waals surface area contributed by atoms with Gasteiger partial charge in [0.15, 0.2) is 0 Å². The minimum absolute atomic E-state index is 0.380. The molecule has 7 aromatic rings. The van der Waals surface area contributed by atoms with Gasteiger partial charge >= 0.3 is 0 Å². The van der Waals surface area contributed by atoms with Crippen LogP contribution in [0.4, 0.5) is 0 Å². The first-order valence-corrected chi connectivity index (χ1v) is 13.5. The Balaban J connectivity index is 1.36. The molecule has 184 valence electrons. The van der Waals surface area contributed by atoms with Gasteiger partial charge in [-0.05, 0) is 51.4 Å². The molecule has 0 saturated heterocycles. The van der Waals surface area contributed by atoms with Gasteiger partial charge in [-0.3, -0.25) is 0 Å². The van der Waals surface area contributed by atoms with Crippen LogP contribution in [0.15, 0.2) is 144 Å². The van der Waals surface area contributed by atoms with Crippen LogP contribution in [0.2, 0.25) is 0 Å². The summed E-state index contributed by atoms with van der Waals surface area (Å²) in [7, 11) is 0. The van der Waals surface area contributed by atoms with E-state index in [0.29, 0.717) is 0 Å². The second-order valence-electron chi connectivity index (χ2n) is 10.5. The predicted octanol–water partition coefficient (Wildman–Crippen LogP) is 9.92. The number of aryl methyl sites for hydroxylation is 1. The molecule has 0 N–H and O–H groups in total. The van der Waals surface area contributed by atoms with Crippen LogP contribution in [0.25, 0.3) is 44.2 Å². The minimum Gasteiger partial charge on any atom is -0.455 e. The molecule has 0 atom stereocenters. The van der Waals surface area contributed by atoms with E-state index in [4.69, 9.17) is 4.42 Å². The highest BCUT2D eigenvalue weighted by Crippen LogP contribution is 2.56. The van der Waals surface area contributed by atoms with Crippen LogP contribution in [-0.2, 0) is 5.41 Å². The third-order valence-corrected chi connectivity index (χ3v) is 8.51. The van der Waals surface area contributed by atoms with E-state index in [1.165, 1.54) is 38.8 Å². The van der Waals surface area contributed by atoms with Crippen LogP contribution in [0.3, 0.4) is 0 Å². The molecule has 0 unspecified atom stereocenters. The summed E-state index contributed by atoms with van der Waals surface area (Å²) in [5.41, 5.74) is 12.8. The van der Waals surface area contributed by atoms with E-state index in [1.54, 1.807) is 0 Å². The normalized spacial score (nSPS) is 13.5. The van der Waals surface area contributed by atoms with E-state index in [0.717, 1.165) is 33.2 Å². The number of para-hydroxylation sites is 2. The molecule has 0 amide bonds. The fourth-order valence-corrected chi connectivity index (χ4v) is 6.80. The third-order valence-electron chi connectivity index (χ3n) is 8.51. The maximum Gasteiger partial charge on any atom is 0.143 e. The summed E-state index contributed by atoms with van der Waals surface area (Å²) in [5, 5.41) is 2.33. The summed E-state index contributed by atoms with van der Waals surface area (Å²) in [6.07, 6.45) is 0. The Kier molecular flexibility index (Phi) is 4.72. The van der Waals surface area contributed by atoms with Gasteiger partial charge < -0.3 is 4.42 Å². The fraction of sp³-hybridized carbons (Fsp3) is 0.0526. The molecule has 8 rings (SSSR count). The molecule has 0 bridgehead atoms. The van der Waals surface area contributed by atoms with Gasteiger partial charge in [-0.25, -0.2) is 0 Å². The molecule has 1 heteroatoms. The van der Waals surface area contributed by atoms with E-state index in [9.17, 15) is 0 Å². The molecule has 6 aromatic carbocycles. The Morgan fingerprint density at radius 3 is 1.67 bits per heavy atom. The monoisotopic (exact) mass is 498 g/mol. The summed E-state index contributed by atoms with van der Waals surface area (Å²) in [5.74, 6) is 0. The molecule has 1 heterocycles. The average Bonchev–Trinajstić information content (AvgIpc) is 3.53. The molecule has 0 fully saturated rings. The van der Waals surface area contributed by atoms with Gasteiger partial charge in [0.05, 0.1) is 5.41 Å². The largest absolute Gasteiger partial charge is 0.455 e. The number of rotatable bonds is 3. The van der Waals surface area contributed by atoms with Crippen LogP contribution in [-0.4, -0.2) is 0 Å². The first kappa shape index (κ1) is 22.1. The second-order valence-corrected chi connectivity index (χ2v) is 10.5. The first-order chi connectivity index (χ1) is 19.3. The molecule has 0 radical (unpaired) electrons. The lowest BCUT2D eigenvalue weighted by Gasteiger charge is -2.34. The molecule has 1 nitrogen and oxygen atoms in total. The topological polar surface area (TPSA) is 13.1 Å². The van der Waals surface area contributed by atoms with Gasteiger partial charge in [0.1, 0.15) is 11.2 Å². The minimum atomic E-state index is -0.380. The highest BCUT2D eigenvalue weighted by Gasteiger charge is 2.45. The lowest BCUT2D eigenvalue weighted by Crippen LogP contribution is -2.28. The standard InChI is InChI=1S/C38H26O/c1-25-11-9-17-32-33-18-10-16-29(37(33)39-36(25)32)26-21-23-28(24-22-26)38(27-12-3-2-4-13-27)34-19-7-5-14-30(34)31-15-6-8-20-35(31)38/h2-24H,1H3. The summed E-state index contributed by atoms with van der Waals surface area (Å²) < 4.78 is 6.48. The van der Waals surface area contributed by atoms with Crippen molar-refractivity contribution in [1.29, 1.82) is 0 Å². The maximum absolute atomic E-state index is 6.48. The molecule has 0 saturated carbocycles. The van der Waals surface area contributed by atoms with Crippen molar-refractivity contribution >= 4 is 21.9 Å². The van der Waals surface area contributed by atoms with Crippen LogP contribution in [0.5, 0.6) is 0 Å². The van der Waals surface area contributed by atoms with Gasteiger partial charge in [0, 0.05) is 16.3 Å². The molecule has 39 heavy (non-hydrogen) atoms. The number of furan rings is 1. The SMILES string of the molecule is Cc1cccc2c1oc1c(-c3ccc(C4(c5ccccc5)c5ccccc5-c5ccccc54)cc3)cccc12. The van der Waals surface area contributed by atoms with E-state index in [1.807, 2.05) is 0 Å². The van der Waals surface area contributed by atoms with Crippen LogP contribution in [0.1, 0.15) is 27.8 Å². The average molecular weight is 499 g/mol. The maximum atomic E-state index is 6.48. The Labute approximate surface area is 228 Å². The van der Waals surface area contributed by atoms with E-state index < -0.39 is 0 Å². The molecule has 0 spiro atoms. The molecule has 1 aliphatic rings. The second kappa shape index (κ2) is 8.31. The van der Waals surface area contributed by atoms with Crippen molar-refractivity contribution in [3.8, 4) is 22.3 Å². The zero-order valence-electron chi connectivity index (χ0n) is 21.7.